The lowest BCUT2D eigenvalue weighted by Gasteiger charge is -2.39. The summed E-state index contributed by atoms with van der Waals surface area (Å²) in [4.78, 5) is 27.6. The summed E-state index contributed by atoms with van der Waals surface area (Å²) in [5, 5.41) is 3.17. The lowest BCUT2D eigenvalue weighted by atomic mass is 9.93. The molecule has 0 saturated carbocycles. The van der Waals surface area contributed by atoms with Gasteiger partial charge in [-0.05, 0) is 0 Å². The van der Waals surface area contributed by atoms with E-state index in [2.05, 4.69) is 5.32 Å². The van der Waals surface area contributed by atoms with Crippen LogP contribution in [-0.4, -0.2) is 61.4 Å². The SMILES string of the molecule is CN(C)C(=O)C1CNCCN1C(=O)C(C)(C)C. The van der Waals surface area contributed by atoms with Gasteiger partial charge in [-0.1, -0.05) is 20.8 Å². The predicted molar refractivity (Wildman–Crippen MR) is 66.5 cm³/mol. The molecule has 98 valence electrons. The van der Waals surface area contributed by atoms with Crippen molar-refractivity contribution >= 4 is 11.8 Å². The van der Waals surface area contributed by atoms with E-state index in [1.807, 2.05) is 20.8 Å². The van der Waals surface area contributed by atoms with Crippen LogP contribution in [0.1, 0.15) is 20.8 Å². The van der Waals surface area contributed by atoms with Gasteiger partial charge in [-0.3, -0.25) is 9.59 Å². The number of hydrogen-bond acceptors (Lipinski definition) is 3. The molecular weight excluding hydrogens is 218 g/mol. The van der Waals surface area contributed by atoms with Crippen molar-refractivity contribution in [1.29, 1.82) is 0 Å². The molecule has 0 bridgehead atoms. The number of nitrogens with zero attached hydrogens (tertiary/aromatic N) is 2. The molecule has 2 amide bonds. The fraction of sp³-hybridized carbons (Fsp3) is 0.833. The van der Waals surface area contributed by atoms with Gasteiger partial charge in [-0.25, -0.2) is 0 Å². The van der Waals surface area contributed by atoms with E-state index < -0.39 is 5.41 Å². The van der Waals surface area contributed by atoms with Gasteiger partial charge >= 0.3 is 0 Å². The Morgan fingerprint density at radius 2 is 1.88 bits per heavy atom. The summed E-state index contributed by atoms with van der Waals surface area (Å²) in [5.74, 6) is 0.0222. The van der Waals surface area contributed by atoms with Gasteiger partial charge in [0, 0.05) is 39.1 Å². The quantitative estimate of drug-likeness (QED) is 0.698. The third kappa shape index (κ3) is 3.19. The van der Waals surface area contributed by atoms with Crippen molar-refractivity contribution in [3.05, 3.63) is 0 Å². The van der Waals surface area contributed by atoms with Crippen molar-refractivity contribution in [2.45, 2.75) is 26.8 Å². The molecule has 1 fully saturated rings. The monoisotopic (exact) mass is 241 g/mol. The molecule has 0 spiro atoms. The molecule has 0 aliphatic carbocycles. The third-order valence-electron chi connectivity index (χ3n) is 2.87. The van der Waals surface area contributed by atoms with Gasteiger partial charge in [0.05, 0.1) is 0 Å². The maximum atomic E-state index is 12.3. The molecule has 1 aliphatic heterocycles. The number of piperazine rings is 1. The molecule has 1 heterocycles. The summed E-state index contributed by atoms with van der Waals surface area (Å²) in [6, 6.07) is -0.370. The molecule has 17 heavy (non-hydrogen) atoms. The Labute approximate surface area is 103 Å². The number of nitrogens with one attached hydrogen (secondary N) is 1. The number of hydrogen-bond donors (Lipinski definition) is 1. The zero-order valence-corrected chi connectivity index (χ0v) is 11.4. The highest BCUT2D eigenvalue weighted by Crippen LogP contribution is 2.20. The maximum absolute atomic E-state index is 12.3. The maximum Gasteiger partial charge on any atom is 0.246 e. The van der Waals surface area contributed by atoms with Crippen molar-refractivity contribution < 1.29 is 9.59 Å². The minimum absolute atomic E-state index is 0.0187. The van der Waals surface area contributed by atoms with Crippen LogP contribution in [0, 0.1) is 5.41 Å². The molecule has 1 rings (SSSR count). The number of carbonyl (C=O) groups excluding carboxylic acids is 2. The highest BCUT2D eigenvalue weighted by atomic mass is 16.2. The highest BCUT2D eigenvalue weighted by Gasteiger charge is 2.37. The van der Waals surface area contributed by atoms with Crippen LogP contribution < -0.4 is 5.32 Å². The number of rotatable bonds is 1. The molecule has 1 N–H and O–H groups in total. The Hall–Kier alpha value is -1.10. The topological polar surface area (TPSA) is 52.7 Å². The Balaban J connectivity index is 2.87. The summed E-state index contributed by atoms with van der Waals surface area (Å²) >= 11 is 0. The average Bonchev–Trinajstić information content (AvgIpc) is 2.25. The van der Waals surface area contributed by atoms with Crippen molar-refractivity contribution in [3.63, 3.8) is 0 Å². The number of carbonyl (C=O) groups is 2. The van der Waals surface area contributed by atoms with Crippen LogP contribution in [0.25, 0.3) is 0 Å². The van der Waals surface area contributed by atoms with E-state index in [9.17, 15) is 9.59 Å². The first-order valence-corrected chi connectivity index (χ1v) is 5.98. The second kappa shape index (κ2) is 5.04. The Bertz CT molecular complexity index is 307. The second-order valence-corrected chi connectivity index (χ2v) is 5.70. The molecular formula is C12H23N3O2. The largest absolute Gasteiger partial charge is 0.347 e. The van der Waals surface area contributed by atoms with Gasteiger partial charge in [0.2, 0.25) is 11.8 Å². The second-order valence-electron chi connectivity index (χ2n) is 5.70. The Morgan fingerprint density at radius 3 is 2.35 bits per heavy atom. The van der Waals surface area contributed by atoms with Crippen LogP contribution in [0.5, 0.6) is 0 Å². The van der Waals surface area contributed by atoms with E-state index in [0.717, 1.165) is 6.54 Å². The fourth-order valence-electron chi connectivity index (χ4n) is 1.90. The van der Waals surface area contributed by atoms with E-state index in [0.29, 0.717) is 13.1 Å². The minimum Gasteiger partial charge on any atom is -0.347 e. The normalized spacial score (nSPS) is 21.2. The molecule has 1 atom stereocenters. The summed E-state index contributed by atoms with van der Waals surface area (Å²) in [6.07, 6.45) is 0. The van der Waals surface area contributed by atoms with E-state index in [-0.39, 0.29) is 17.9 Å². The lowest BCUT2D eigenvalue weighted by Crippen LogP contribution is -2.61. The zero-order valence-electron chi connectivity index (χ0n) is 11.4. The first kappa shape index (κ1) is 14.0. The van der Waals surface area contributed by atoms with Crippen LogP contribution in [0.3, 0.4) is 0 Å². The molecule has 0 radical (unpaired) electrons. The molecule has 5 heteroatoms. The third-order valence-corrected chi connectivity index (χ3v) is 2.87. The smallest absolute Gasteiger partial charge is 0.246 e. The van der Waals surface area contributed by atoms with E-state index in [1.165, 1.54) is 0 Å². The van der Waals surface area contributed by atoms with E-state index in [1.54, 1.807) is 23.9 Å². The van der Waals surface area contributed by atoms with Crippen molar-refractivity contribution in [2.24, 2.45) is 5.41 Å². The molecule has 0 aromatic heterocycles. The number of likely N-dealkylation sites (N-methyl/N-ethyl adjacent to an activating group) is 1. The predicted octanol–water partition coefficient (Wildman–Crippen LogP) is -0.0789. The summed E-state index contributed by atoms with van der Waals surface area (Å²) in [7, 11) is 3.44. The minimum atomic E-state index is -0.442. The molecule has 1 aliphatic rings. The van der Waals surface area contributed by atoms with Crippen LogP contribution in [-0.2, 0) is 9.59 Å². The van der Waals surface area contributed by atoms with Crippen molar-refractivity contribution in [1.82, 2.24) is 15.1 Å². The first-order chi connectivity index (χ1) is 7.75. The Morgan fingerprint density at radius 1 is 1.29 bits per heavy atom. The molecule has 0 aromatic carbocycles. The zero-order chi connectivity index (χ0) is 13.2. The molecule has 1 unspecified atom stereocenters. The number of amides is 2. The van der Waals surface area contributed by atoms with Crippen LogP contribution >= 0.6 is 0 Å². The average molecular weight is 241 g/mol. The van der Waals surface area contributed by atoms with Crippen molar-refractivity contribution in [3.8, 4) is 0 Å². The van der Waals surface area contributed by atoms with Crippen LogP contribution in [0.4, 0.5) is 0 Å². The fourth-order valence-corrected chi connectivity index (χ4v) is 1.90. The first-order valence-electron chi connectivity index (χ1n) is 5.98. The van der Waals surface area contributed by atoms with Gasteiger partial charge < -0.3 is 15.1 Å². The highest BCUT2D eigenvalue weighted by molar-refractivity contribution is 5.90. The molecule has 5 nitrogen and oxygen atoms in total. The van der Waals surface area contributed by atoms with Gasteiger partial charge in [-0.2, -0.15) is 0 Å². The van der Waals surface area contributed by atoms with Gasteiger partial charge in [0.1, 0.15) is 6.04 Å². The standard InChI is InChI=1S/C12H23N3O2/c1-12(2,3)11(17)15-7-6-13-8-9(15)10(16)14(4)5/h9,13H,6-8H2,1-5H3. The molecule has 0 aromatic rings. The Kier molecular flexibility index (Phi) is 4.14. The summed E-state index contributed by atoms with van der Waals surface area (Å²) in [5.41, 5.74) is -0.442. The van der Waals surface area contributed by atoms with Crippen molar-refractivity contribution in [2.75, 3.05) is 33.7 Å². The summed E-state index contributed by atoms with van der Waals surface area (Å²) < 4.78 is 0. The van der Waals surface area contributed by atoms with Gasteiger partial charge in [0.25, 0.3) is 0 Å². The lowest BCUT2D eigenvalue weighted by molar-refractivity contribution is -0.150. The molecule has 1 saturated heterocycles. The van der Waals surface area contributed by atoms with E-state index in [4.69, 9.17) is 0 Å². The van der Waals surface area contributed by atoms with Gasteiger partial charge in [0.15, 0.2) is 0 Å². The van der Waals surface area contributed by atoms with Gasteiger partial charge in [-0.15, -0.1) is 0 Å². The van der Waals surface area contributed by atoms with Crippen LogP contribution in [0.2, 0.25) is 0 Å². The van der Waals surface area contributed by atoms with Crippen LogP contribution in [0.15, 0.2) is 0 Å². The van der Waals surface area contributed by atoms with E-state index >= 15 is 0 Å². The summed E-state index contributed by atoms with van der Waals surface area (Å²) in [6.45, 7) is 7.54.